The van der Waals surface area contributed by atoms with Crippen molar-refractivity contribution in [3.63, 3.8) is 0 Å². The lowest BCUT2D eigenvalue weighted by Crippen LogP contribution is -2.31. The Morgan fingerprint density at radius 2 is 1.18 bits per heavy atom. The van der Waals surface area contributed by atoms with Gasteiger partial charge in [-0.3, -0.25) is 0 Å². The third kappa shape index (κ3) is 3.32. The van der Waals surface area contributed by atoms with Gasteiger partial charge in [0, 0.05) is 6.04 Å². The number of halogens is 3. The zero-order valence-corrected chi connectivity index (χ0v) is 12.8. The Morgan fingerprint density at radius 1 is 0.727 bits per heavy atom. The van der Waals surface area contributed by atoms with Crippen LogP contribution in [0.3, 0.4) is 0 Å². The molecule has 2 aliphatic rings. The Hall–Kier alpha value is -1.03. The fourth-order valence-corrected chi connectivity index (χ4v) is 4.35. The first kappa shape index (κ1) is 15.9. The molecule has 1 aromatic carbocycles. The maximum atomic E-state index is 13.4. The second-order valence-electron chi connectivity index (χ2n) is 7.09. The highest BCUT2D eigenvalue weighted by atomic mass is 19.2. The Bertz CT molecular complexity index is 492. The lowest BCUT2D eigenvalue weighted by atomic mass is 9.69. The molecule has 0 atom stereocenters. The monoisotopic (exact) mass is 311 g/mol. The molecule has 122 valence electrons. The van der Waals surface area contributed by atoms with Gasteiger partial charge in [-0.05, 0) is 86.8 Å². The molecular weight excluding hydrogens is 287 g/mol. The summed E-state index contributed by atoms with van der Waals surface area (Å²) in [5, 5.41) is 0. The summed E-state index contributed by atoms with van der Waals surface area (Å²) < 4.78 is 39.8. The zero-order valence-electron chi connectivity index (χ0n) is 12.8. The van der Waals surface area contributed by atoms with E-state index in [2.05, 4.69) is 0 Å². The summed E-state index contributed by atoms with van der Waals surface area (Å²) in [6.07, 6.45) is 8.77. The van der Waals surface area contributed by atoms with Gasteiger partial charge in [-0.15, -0.1) is 0 Å². The summed E-state index contributed by atoms with van der Waals surface area (Å²) in [6.45, 7) is 0. The molecule has 22 heavy (non-hydrogen) atoms. The van der Waals surface area contributed by atoms with E-state index in [-0.39, 0.29) is 5.92 Å². The predicted octanol–water partition coefficient (Wildman–Crippen LogP) is 4.90. The number of nitrogens with two attached hydrogens (primary N) is 1. The molecule has 0 spiro atoms. The average molecular weight is 311 g/mol. The first-order chi connectivity index (χ1) is 10.5. The molecule has 0 amide bonds. The van der Waals surface area contributed by atoms with Gasteiger partial charge < -0.3 is 5.73 Å². The van der Waals surface area contributed by atoms with Crippen LogP contribution in [0, 0.1) is 29.3 Å². The quantitative estimate of drug-likeness (QED) is 0.773. The summed E-state index contributed by atoms with van der Waals surface area (Å²) in [6, 6.07) is 2.71. The van der Waals surface area contributed by atoms with Crippen molar-refractivity contribution in [2.24, 2.45) is 17.6 Å². The largest absolute Gasteiger partial charge is 0.328 e. The van der Waals surface area contributed by atoms with Crippen LogP contribution >= 0.6 is 0 Å². The Labute approximate surface area is 130 Å². The Morgan fingerprint density at radius 3 is 1.68 bits per heavy atom. The Kier molecular flexibility index (Phi) is 4.76. The van der Waals surface area contributed by atoms with E-state index in [1.807, 2.05) is 0 Å². The van der Waals surface area contributed by atoms with Crippen LogP contribution in [-0.4, -0.2) is 6.04 Å². The minimum Gasteiger partial charge on any atom is -0.328 e. The first-order valence-corrected chi connectivity index (χ1v) is 8.44. The number of hydrogen-bond donors (Lipinski definition) is 1. The highest BCUT2D eigenvalue weighted by molar-refractivity contribution is 5.23. The molecule has 0 heterocycles. The molecule has 0 unspecified atom stereocenters. The van der Waals surface area contributed by atoms with E-state index in [0.29, 0.717) is 11.6 Å². The van der Waals surface area contributed by atoms with E-state index in [4.69, 9.17) is 5.73 Å². The van der Waals surface area contributed by atoms with Gasteiger partial charge in [-0.25, -0.2) is 13.2 Å². The van der Waals surface area contributed by atoms with E-state index < -0.39 is 17.5 Å². The molecule has 2 saturated carbocycles. The van der Waals surface area contributed by atoms with E-state index in [1.54, 1.807) is 0 Å². The molecule has 2 N–H and O–H groups in total. The SMILES string of the molecule is NC1CCC(C2CCC(c3cc(F)c(F)c(F)c3)CC2)CC1. The van der Waals surface area contributed by atoms with E-state index >= 15 is 0 Å². The molecule has 3 rings (SSSR count). The summed E-state index contributed by atoms with van der Waals surface area (Å²) in [5.74, 6) is -1.86. The molecule has 1 nitrogen and oxygen atoms in total. The van der Waals surface area contributed by atoms with Crippen molar-refractivity contribution < 1.29 is 13.2 Å². The van der Waals surface area contributed by atoms with Gasteiger partial charge in [0.25, 0.3) is 0 Å². The standard InChI is InChI=1S/C18H24F3N/c19-16-9-14(10-17(20)18(16)21)13-3-1-11(2-4-13)12-5-7-15(22)8-6-12/h9-13,15H,1-8,22H2. The number of rotatable bonds is 2. The van der Waals surface area contributed by atoms with Crippen LogP contribution < -0.4 is 5.73 Å². The fraction of sp³-hybridized carbons (Fsp3) is 0.667. The molecule has 0 aliphatic heterocycles. The van der Waals surface area contributed by atoms with Crippen LogP contribution in [0.4, 0.5) is 13.2 Å². The highest BCUT2D eigenvalue weighted by Crippen LogP contribution is 2.43. The summed E-state index contributed by atoms with van der Waals surface area (Å²) in [7, 11) is 0. The molecule has 0 aromatic heterocycles. The van der Waals surface area contributed by atoms with Crippen molar-refractivity contribution >= 4 is 0 Å². The third-order valence-corrected chi connectivity index (χ3v) is 5.73. The summed E-state index contributed by atoms with van der Waals surface area (Å²) >= 11 is 0. The molecular formula is C18H24F3N. The Balaban J connectivity index is 1.60. The highest BCUT2D eigenvalue weighted by Gasteiger charge is 2.31. The van der Waals surface area contributed by atoms with Crippen LogP contribution in [0.25, 0.3) is 0 Å². The van der Waals surface area contributed by atoms with Gasteiger partial charge in [0.2, 0.25) is 0 Å². The summed E-state index contributed by atoms with van der Waals surface area (Å²) in [4.78, 5) is 0. The van der Waals surface area contributed by atoms with Crippen molar-refractivity contribution in [3.05, 3.63) is 35.1 Å². The van der Waals surface area contributed by atoms with Gasteiger partial charge in [0.05, 0.1) is 0 Å². The van der Waals surface area contributed by atoms with Crippen LogP contribution in [0.2, 0.25) is 0 Å². The lowest BCUT2D eigenvalue weighted by molar-refractivity contribution is 0.177. The van der Waals surface area contributed by atoms with Crippen LogP contribution in [0.1, 0.15) is 62.8 Å². The van der Waals surface area contributed by atoms with Crippen molar-refractivity contribution in [2.45, 2.75) is 63.3 Å². The van der Waals surface area contributed by atoms with Gasteiger partial charge in [-0.2, -0.15) is 0 Å². The number of benzene rings is 1. The van der Waals surface area contributed by atoms with Crippen molar-refractivity contribution in [3.8, 4) is 0 Å². The zero-order chi connectivity index (χ0) is 15.7. The average Bonchev–Trinajstić information content (AvgIpc) is 2.53. The predicted molar refractivity (Wildman–Crippen MR) is 80.9 cm³/mol. The molecule has 0 radical (unpaired) electrons. The van der Waals surface area contributed by atoms with Crippen molar-refractivity contribution in [2.75, 3.05) is 0 Å². The van der Waals surface area contributed by atoms with E-state index in [9.17, 15) is 13.2 Å². The van der Waals surface area contributed by atoms with Gasteiger partial charge in [-0.1, -0.05) is 0 Å². The minimum absolute atomic E-state index is 0.159. The van der Waals surface area contributed by atoms with Gasteiger partial charge in [0.1, 0.15) is 0 Å². The van der Waals surface area contributed by atoms with Gasteiger partial charge >= 0.3 is 0 Å². The molecule has 2 aliphatic carbocycles. The maximum absolute atomic E-state index is 13.4. The third-order valence-electron chi connectivity index (χ3n) is 5.73. The molecule has 0 bridgehead atoms. The number of hydrogen-bond acceptors (Lipinski definition) is 1. The van der Waals surface area contributed by atoms with Crippen LogP contribution in [-0.2, 0) is 0 Å². The molecule has 0 saturated heterocycles. The van der Waals surface area contributed by atoms with Crippen LogP contribution in [0.15, 0.2) is 12.1 Å². The van der Waals surface area contributed by atoms with Crippen molar-refractivity contribution in [1.29, 1.82) is 0 Å². The normalized spacial score (nSPS) is 32.9. The minimum atomic E-state index is -1.36. The maximum Gasteiger partial charge on any atom is 0.194 e. The first-order valence-electron chi connectivity index (χ1n) is 8.44. The summed E-state index contributed by atoms with van der Waals surface area (Å²) in [5.41, 5.74) is 6.57. The second kappa shape index (κ2) is 6.61. The van der Waals surface area contributed by atoms with Gasteiger partial charge in [0.15, 0.2) is 17.5 Å². The second-order valence-corrected chi connectivity index (χ2v) is 7.09. The fourth-order valence-electron chi connectivity index (χ4n) is 4.35. The topological polar surface area (TPSA) is 26.0 Å². The lowest BCUT2D eigenvalue weighted by Gasteiger charge is -2.37. The van der Waals surface area contributed by atoms with Crippen molar-refractivity contribution in [1.82, 2.24) is 0 Å². The molecule has 2 fully saturated rings. The molecule has 1 aromatic rings. The van der Waals surface area contributed by atoms with Crippen LogP contribution in [0.5, 0.6) is 0 Å². The smallest absolute Gasteiger partial charge is 0.194 e. The molecule has 4 heteroatoms. The van der Waals surface area contributed by atoms with E-state index in [1.165, 1.54) is 25.0 Å². The van der Waals surface area contributed by atoms with E-state index in [0.717, 1.165) is 50.4 Å².